The summed E-state index contributed by atoms with van der Waals surface area (Å²) in [7, 11) is 3.21. The van der Waals surface area contributed by atoms with Crippen LogP contribution in [-0.4, -0.2) is 20.5 Å². The molecule has 0 bridgehead atoms. The van der Waals surface area contributed by atoms with Gasteiger partial charge in [0.15, 0.2) is 17.8 Å². The molecular weight excluding hydrogens is 353 g/mol. The Morgan fingerprint density at radius 2 is 1.83 bits per heavy atom. The van der Waals surface area contributed by atoms with Crippen molar-refractivity contribution in [2.75, 3.05) is 14.2 Å². The summed E-state index contributed by atoms with van der Waals surface area (Å²) < 4.78 is 21.7. The largest absolute Gasteiger partial charge is 1.00 e. The molecule has 2 atom stereocenters. The van der Waals surface area contributed by atoms with Gasteiger partial charge in [0.2, 0.25) is 5.75 Å². The quantitative estimate of drug-likeness (QED) is 0.678. The van der Waals surface area contributed by atoms with Crippen molar-refractivity contribution in [1.29, 1.82) is 0 Å². The molecular formula is C13H17CsO4. The fraction of sp³-hybridized carbons (Fsp3) is 0.462. The average Bonchev–Trinajstić information content (AvgIpc) is 2.75. The van der Waals surface area contributed by atoms with Crippen LogP contribution in [-0.2, 0) is 4.74 Å². The maximum Gasteiger partial charge on any atom is 1.00 e. The third kappa shape index (κ3) is 4.06. The summed E-state index contributed by atoms with van der Waals surface area (Å²) in [6.45, 7) is 3.88. The number of methoxy groups -OCH3 is 2. The first-order chi connectivity index (χ1) is 8.24. The number of hydrogen-bond donors (Lipinski definition) is 0. The van der Waals surface area contributed by atoms with Crippen molar-refractivity contribution in [2.24, 2.45) is 5.92 Å². The van der Waals surface area contributed by atoms with E-state index in [1.807, 2.05) is 18.2 Å². The summed E-state index contributed by atoms with van der Waals surface area (Å²) in [4.78, 5) is 0. The molecule has 94 valence electrons. The molecule has 4 nitrogen and oxygen atoms in total. The van der Waals surface area contributed by atoms with E-state index in [1.165, 1.54) is 0 Å². The van der Waals surface area contributed by atoms with Gasteiger partial charge in [-0.15, -0.1) is 5.92 Å². The molecule has 0 aromatic heterocycles. The molecule has 1 aromatic rings. The summed E-state index contributed by atoms with van der Waals surface area (Å²) in [6.07, 6.45) is 0.566. The zero-order valence-corrected chi connectivity index (χ0v) is 17.6. The van der Waals surface area contributed by atoms with Gasteiger partial charge in [0, 0.05) is 0 Å². The van der Waals surface area contributed by atoms with Crippen LogP contribution in [0.2, 0.25) is 0 Å². The molecule has 18 heavy (non-hydrogen) atoms. The summed E-state index contributed by atoms with van der Waals surface area (Å²) in [5.41, 5.74) is 0. The number of ether oxygens (including phenoxy) is 4. The number of para-hydroxylation sites is 1. The van der Waals surface area contributed by atoms with Crippen molar-refractivity contribution < 1.29 is 87.8 Å². The van der Waals surface area contributed by atoms with Crippen LogP contribution >= 0.6 is 0 Å². The Balaban J connectivity index is 0.00000162. The molecule has 1 saturated heterocycles. The molecule has 0 amide bonds. The maximum atomic E-state index is 5.79. The van der Waals surface area contributed by atoms with Gasteiger partial charge in [0.05, 0.1) is 14.2 Å². The monoisotopic (exact) mass is 370 g/mol. The van der Waals surface area contributed by atoms with Crippen molar-refractivity contribution in [1.82, 2.24) is 0 Å². The molecule has 1 heterocycles. The van der Waals surface area contributed by atoms with Crippen molar-refractivity contribution in [3.63, 3.8) is 0 Å². The third-order valence-electron chi connectivity index (χ3n) is 2.66. The third-order valence-corrected chi connectivity index (χ3v) is 2.66. The van der Waals surface area contributed by atoms with Crippen LogP contribution in [0.15, 0.2) is 18.2 Å². The van der Waals surface area contributed by atoms with Crippen molar-refractivity contribution in [3.8, 4) is 17.2 Å². The van der Waals surface area contributed by atoms with E-state index in [4.69, 9.17) is 18.9 Å². The van der Waals surface area contributed by atoms with Gasteiger partial charge in [-0.2, -0.15) is 0 Å². The van der Waals surface area contributed by atoms with E-state index in [2.05, 4.69) is 6.92 Å². The van der Waals surface area contributed by atoms with Crippen LogP contribution in [0, 0.1) is 12.5 Å². The van der Waals surface area contributed by atoms with E-state index in [0.717, 1.165) is 6.42 Å². The van der Waals surface area contributed by atoms with E-state index >= 15 is 0 Å². The predicted octanol–water partition coefficient (Wildman–Crippen LogP) is -0.369. The Bertz CT molecular complexity index is 361. The van der Waals surface area contributed by atoms with Gasteiger partial charge in [-0.05, 0) is 18.6 Å². The van der Waals surface area contributed by atoms with Gasteiger partial charge in [-0.25, -0.2) is 6.61 Å². The molecule has 0 N–H and O–H groups in total. The van der Waals surface area contributed by atoms with Gasteiger partial charge in [-0.3, -0.25) is 0 Å². The van der Waals surface area contributed by atoms with Crippen molar-refractivity contribution in [2.45, 2.75) is 19.6 Å². The van der Waals surface area contributed by atoms with Gasteiger partial charge >= 0.3 is 68.9 Å². The van der Waals surface area contributed by atoms with Gasteiger partial charge < -0.3 is 18.9 Å². The fourth-order valence-electron chi connectivity index (χ4n) is 1.78. The molecule has 0 aliphatic carbocycles. The Morgan fingerprint density at radius 1 is 1.22 bits per heavy atom. The van der Waals surface area contributed by atoms with Crippen LogP contribution in [0.4, 0.5) is 0 Å². The second kappa shape index (κ2) is 8.04. The summed E-state index contributed by atoms with van der Waals surface area (Å²) >= 11 is 0. The van der Waals surface area contributed by atoms with Gasteiger partial charge in [0.25, 0.3) is 0 Å². The number of hydrogen-bond acceptors (Lipinski definition) is 4. The topological polar surface area (TPSA) is 36.9 Å². The Labute approximate surface area is 167 Å². The minimum Gasteiger partial charge on any atom is -0.520 e. The predicted molar refractivity (Wildman–Crippen MR) is 63.1 cm³/mol. The SMILES string of the molecule is COc1cccc(OC)c1OC1C[C@@H](C)[CH-]O1.[Cs+]. The molecule has 1 unspecified atom stereocenters. The first kappa shape index (κ1) is 16.7. The second-order valence-electron chi connectivity index (χ2n) is 4.02. The van der Waals surface area contributed by atoms with Crippen LogP contribution in [0.5, 0.6) is 17.2 Å². The minimum absolute atomic E-state index is 0. The van der Waals surface area contributed by atoms with Gasteiger partial charge in [0.1, 0.15) is 0 Å². The average molecular weight is 370 g/mol. The van der Waals surface area contributed by atoms with Crippen LogP contribution in [0.3, 0.4) is 0 Å². The Hall–Kier alpha value is 0.632. The van der Waals surface area contributed by atoms with E-state index < -0.39 is 0 Å². The van der Waals surface area contributed by atoms with Crippen molar-refractivity contribution >= 4 is 0 Å². The van der Waals surface area contributed by atoms with E-state index in [0.29, 0.717) is 23.2 Å². The van der Waals surface area contributed by atoms with Crippen LogP contribution < -0.4 is 83.1 Å². The zero-order valence-electron chi connectivity index (χ0n) is 11.3. The second-order valence-corrected chi connectivity index (χ2v) is 4.02. The normalized spacial score (nSPS) is 22.2. The van der Waals surface area contributed by atoms with E-state index in [1.54, 1.807) is 20.8 Å². The summed E-state index contributed by atoms with van der Waals surface area (Å²) in [5.74, 6) is 2.28. The first-order valence-corrected chi connectivity index (χ1v) is 5.61. The molecule has 0 radical (unpaired) electrons. The maximum absolute atomic E-state index is 5.79. The first-order valence-electron chi connectivity index (χ1n) is 5.61. The standard InChI is InChI=1S/C13H17O4.Cs/c1-9-7-12(16-8-9)17-13-10(14-2)5-4-6-11(13)15-3;/h4-6,8-9,12H,7H2,1-3H3;/q-1;+1/t9-,12?;/m1./s1. The zero-order chi connectivity index (χ0) is 12.3. The molecule has 0 spiro atoms. The van der Waals surface area contributed by atoms with Crippen molar-refractivity contribution in [3.05, 3.63) is 24.8 Å². The molecule has 1 aliphatic rings. The molecule has 0 saturated carbocycles. The van der Waals surface area contributed by atoms with Gasteiger partial charge in [-0.1, -0.05) is 13.0 Å². The molecule has 5 heteroatoms. The summed E-state index contributed by atoms with van der Waals surface area (Å²) in [5, 5.41) is 0. The Kier molecular flexibility index (Phi) is 7.45. The van der Waals surface area contributed by atoms with Crippen LogP contribution in [0.25, 0.3) is 0 Å². The Morgan fingerprint density at radius 3 is 2.28 bits per heavy atom. The molecule has 2 rings (SSSR count). The smallest absolute Gasteiger partial charge is 0.520 e. The number of benzene rings is 1. The summed E-state index contributed by atoms with van der Waals surface area (Å²) in [6, 6.07) is 5.52. The number of rotatable bonds is 4. The molecule has 1 aliphatic heterocycles. The fourth-order valence-corrected chi connectivity index (χ4v) is 1.78. The van der Waals surface area contributed by atoms with E-state index in [-0.39, 0.29) is 75.2 Å². The molecule has 1 fully saturated rings. The van der Waals surface area contributed by atoms with Crippen LogP contribution in [0.1, 0.15) is 13.3 Å². The van der Waals surface area contributed by atoms with E-state index in [9.17, 15) is 0 Å². The molecule has 1 aromatic carbocycles. The minimum atomic E-state index is -0.268.